The molecule has 1 nitrogen and oxygen atoms in total. The highest BCUT2D eigenvalue weighted by atomic mass is 14.9. The van der Waals surface area contributed by atoms with Crippen molar-refractivity contribution in [3.63, 3.8) is 0 Å². The Balaban J connectivity index is 0. The molecule has 0 bridgehead atoms. The van der Waals surface area contributed by atoms with Crippen LogP contribution in [-0.2, 0) is 0 Å². The average molecular weight is 155 g/mol. The van der Waals surface area contributed by atoms with E-state index in [4.69, 9.17) is 6.42 Å². The van der Waals surface area contributed by atoms with E-state index < -0.39 is 0 Å². The highest BCUT2D eigenvalue weighted by Gasteiger charge is 2.22. The summed E-state index contributed by atoms with van der Waals surface area (Å²) in [7, 11) is 0. The normalized spacial score (nSPS) is 28.5. The molecule has 1 saturated heterocycles. The van der Waals surface area contributed by atoms with Gasteiger partial charge in [0.05, 0.1) is 0 Å². The topological polar surface area (TPSA) is 12.0 Å². The van der Waals surface area contributed by atoms with Crippen LogP contribution in [0.25, 0.3) is 0 Å². The van der Waals surface area contributed by atoms with Crippen LogP contribution in [0.1, 0.15) is 28.6 Å². The van der Waals surface area contributed by atoms with Crippen LogP contribution in [0.2, 0.25) is 0 Å². The summed E-state index contributed by atoms with van der Waals surface area (Å²) in [5.41, 5.74) is 0. The minimum absolute atomic E-state index is 0. The van der Waals surface area contributed by atoms with Gasteiger partial charge in [-0.3, -0.25) is 0 Å². The summed E-state index contributed by atoms with van der Waals surface area (Å²) in [6, 6.07) is 0. The van der Waals surface area contributed by atoms with Crippen LogP contribution in [0.3, 0.4) is 0 Å². The van der Waals surface area contributed by atoms with Crippen LogP contribution in [0.4, 0.5) is 0 Å². The highest BCUT2D eigenvalue weighted by molar-refractivity contribution is 5.00. The zero-order valence-corrected chi connectivity index (χ0v) is 7.85. The third-order valence-electron chi connectivity index (χ3n) is 2.08. The third kappa shape index (κ3) is 2.95. The lowest BCUT2D eigenvalue weighted by Crippen LogP contribution is -2.08. The first-order valence-corrected chi connectivity index (χ1v) is 4.55. The maximum Gasteiger partial charge on any atom is 0.0365 e. The molecule has 1 rings (SSSR count). The van der Waals surface area contributed by atoms with Crippen LogP contribution in [0, 0.1) is 24.2 Å². The predicted octanol–water partition coefficient (Wildman–Crippen LogP) is 2.14. The van der Waals surface area contributed by atoms with E-state index in [0.29, 0.717) is 5.92 Å². The van der Waals surface area contributed by atoms with Gasteiger partial charge in [-0.15, -0.1) is 12.3 Å². The number of nitrogens with one attached hydrogen (secondary N) is 1. The molecule has 0 aromatic rings. The van der Waals surface area contributed by atoms with Crippen LogP contribution < -0.4 is 5.32 Å². The Morgan fingerprint density at radius 3 is 2.55 bits per heavy atom. The molecule has 0 aliphatic carbocycles. The molecule has 2 unspecified atom stereocenters. The second kappa shape index (κ2) is 6.24. The number of rotatable bonds is 1. The molecule has 0 saturated carbocycles. The van der Waals surface area contributed by atoms with Gasteiger partial charge in [0.1, 0.15) is 0 Å². The Bertz CT molecular complexity index is 128. The molecule has 11 heavy (non-hydrogen) atoms. The lowest BCUT2D eigenvalue weighted by molar-refractivity contribution is 0.490. The summed E-state index contributed by atoms with van der Waals surface area (Å²) < 4.78 is 0. The number of terminal acetylenes is 1. The fraction of sp³-hybridized carbons (Fsp3) is 0.800. The molecule has 0 spiro atoms. The molecule has 66 valence electrons. The van der Waals surface area contributed by atoms with Crippen molar-refractivity contribution in [2.75, 3.05) is 13.1 Å². The molecule has 1 aliphatic rings. The van der Waals surface area contributed by atoms with E-state index in [-0.39, 0.29) is 1.43 Å². The lowest BCUT2D eigenvalue weighted by Gasteiger charge is -2.08. The smallest absolute Gasteiger partial charge is 0.0365 e. The second-order valence-electron chi connectivity index (χ2n) is 2.60. The van der Waals surface area contributed by atoms with E-state index in [2.05, 4.69) is 18.2 Å². The first-order valence-electron chi connectivity index (χ1n) is 4.55. The molecule has 1 heterocycles. The Morgan fingerprint density at radius 1 is 1.55 bits per heavy atom. The lowest BCUT2D eigenvalue weighted by atomic mass is 9.95. The Morgan fingerprint density at radius 2 is 2.18 bits per heavy atom. The van der Waals surface area contributed by atoms with Gasteiger partial charge in [-0.1, -0.05) is 27.2 Å². The van der Waals surface area contributed by atoms with Crippen molar-refractivity contribution < 1.29 is 1.43 Å². The van der Waals surface area contributed by atoms with Gasteiger partial charge in [-0.05, 0) is 12.5 Å². The minimum Gasteiger partial charge on any atom is -0.315 e. The molecular formula is C10H21N. The quantitative estimate of drug-likeness (QED) is 0.572. The second-order valence-corrected chi connectivity index (χ2v) is 2.60. The SMILES string of the molecule is C#CC1CNCC1CC.CC.[HH]. The van der Waals surface area contributed by atoms with Crippen molar-refractivity contribution in [2.45, 2.75) is 27.2 Å². The number of hydrogen-bond donors (Lipinski definition) is 1. The standard InChI is InChI=1S/C8H13N.C2H6.H2/c1-3-7-5-9-6-8(7)4-2;1-2;/h1,7-9H,4-6H2,2H3;1-2H3;1H. The van der Waals surface area contributed by atoms with Crippen molar-refractivity contribution in [3.05, 3.63) is 0 Å². The zero-order chi connectivity index (χ0) is 8.69. The van der Waals surface area contributed by atoms with Gasteiger partial charge in [0.15, 0.2) is 0 Å². The summed E-state index contributed by atoms with van der Waals surface area (Å²) in [6.45, 7) is 8.34. The summed E-state index contributed by atoms with van der Waals surface area (Å²) in [5, 5.41) is 3.28. The van der Waals surface area contributed by atoms with Crippen molar-refractivity contribution in [2.24, 2.45) is 11.8 Å². The summed E-state index contributed by atoms with van der Waals surface area (Å²) in [4.78, 5) is 0. The zero-order valence-electron chi connectivity index (χ0n) is 7.85. The summed E-state index contributed by atoms with van der Waals surface area (Å²) >= 11 is 0. The molecule has 0 amide bonds. The van der Waals surface area contributed by atoms with Gasteiger partial charge >= 0.3 is 0 Å². The van der Waals surface area contributed by atoms with E-state index in [1.807, 2.05) is 13.8 Å². The molecule has 2 atom stereocenters. The van der Waals surface area contributed by atoms with E-state index in [9.17, 15) is 0 Å². The molecule has 0 radical (unpaired) electrons. The average Bonchev–Trinajstić information content (AvgIpc) is 2.54. The van der Waals surface area contributed by atoms with Gasteiger partial charge in [0.25, 0.3) is 0 Å². The van der Waals surface area contributed by atoms with E-state index in [0.717, 1.165) is 19.0 Å². The first kappa shape index (κ1) is 10.5. The van der Waals surface area contributed by atoms with Crippen LogP contribution >= 0.6 is 0 Å². The molecular weight excluding hydrogens is 134 g/mol. The van der Waals surface area contributed by atoms with Gasteiger partial charge in [-0.2, -0.15) is 0 Å². The highest BCUT2D eigenvalue weighted by Crippen LogP contribution is 2.18. The molecule has 0 aromatic carbocycles. The van der Waals surface area contributed by atoms with Crippen LogP contribution in [-0.4, -0.2) is 13.1 Å². The van der Waals surface area contributed by atoms with Gasteiger partial charge in [0, 0.05) is 13.9 Å². The van der Waals surface area contributed by atoms with Crippen LogP contribution in [0.15, 0.2) is 0 Å². The van der Waals surface area contributed by atoms with Crippen molar-refractivity contribution in [1.29, 1.82) is 0 Å². The summed E-state index contributed by atoms with van der Waals surface area (Å²) in [5.74, 6) is 4.03. The summed E-state index contributed by atoms with van der Waals surface area (Å²) in [6.07, 6.45) is 6.52. The first-order chi connectivity index (χ1) is 5.38. The van der Waals surface area contributed by atoms with E-state index in [1.165, 1.54) is 6.42 Å². The number of hydrogen-bond acceptors (Lipinski definition) is 1. The molecule has 1 fully saturated rings. The molecule has 1 heteroatoms. The van der Waals surface area contributed by atoms with Gasteiger partial charge in [-0.25, -0.2) is 0 Å². The van der Waals surface area contributed by atoms with Crippen molar-refractivity contribution in [1.82, 2.24) is 5.32 Å². The minimum atomic E-state index is 0. The Kier molecular flexibility index (Phi) is 5.97. The molecule has 0 aromatic heterocycles. The van der Waals surface area contributed by atoms with E-state index >= 15 is 0 Å². The predicted molar refractivity (Wildman–Crippen MR) is 52.4 cm³/mol. The maximum atomic E-state index is 5.31. The van der Waals surface area contributed by atoms with Gasteiger partial charge < -0.3 is 5.32 Å². The van der Waals surface area contributed by atoms with Crippen molar-refractivity contribution >= 4 is 0 Å². The maximum absolute atomic E-state index is 5.31. The van der Waals surface area contributed by atoms with Crippen molar-refractivity contribution in [3.8, 4) is 12.3 Å². The fourth-order valence-corrected chi connectivity index (χ4v) is 1.36. The largest absolute Gasteiger partial charge is 0.315 e. The van der Waals surface area contributed by atoms with Gasteiger partial charge in [0.2, 0.25) is 0 Å². The Hall–Kier alpha value is -0.480. The Labute approximate surface area is 72.1 Å². The third-order valence-corrected chi connectivity index (χ3v) is 2.08. The van der Waals surface area contributed by atoms with Crippen LogP contribution in [0.5, 0.6) is 0 Å². The molecule has 1 aliphatic heterocycles. The fourth-order valence-electron chi connectivity index (χ4n) is 1.36. The molecule has 1 N–H and O–H groups in total. The van der Waals surface area contributed by atoms with E-state index in [1.54, 1.807) is 0 Å². The monoisotopic (exact) mass is 155 g/mol.